The van der Waals surface area contributed by atoms with Gasteiger partial charge in [-0.2, -0.15) is 0 Å². The predicted octanol–water partition coefficient (Wildman–Crippen LogP) is -0.949. The van der Waals surface area contributed by atoms with E-state index in [0.29, 0.717) is 5.56 Å². The molecule has 0 aliphatic carbocycles. The van der Waals surface area contributed by atoms with E-state index in [2.05, 4.69) is 4.98 Å². The highest BCUT2D eigenvalue weighted by Crippen LogP contribution is 2.30. The number of aryl methyl sites for hydroxylation is 1. The van der Waals surface area contributed by atoms with Crippen LogP contribution in [0.4, 0.5) is 0 Å². The summed E-state index contributed by atoms with van der Waals surface area (Å²) in [6.45, 7) is 1.55. The van der Waals surface area contributed by atoms with Gasteiger partial charge in [0, 0.05) is 18.2 Å². The zero-order valence-corrected chi connectivity index (χ0v) is 10.3. The van der Waals surface area contributed by atoms with Gasteiger partial charge < -0.3 is 14.9 Å². The van der Waals surface area contributed by atoms with Crippen LogP contribution in [0.3, 0.4) is 0 Å². The van der Waals surface area contributed by atoms with Crippen molar-refractivity contribution in [3.8, 4) is 0 Å². The fourth-order valence-corrected chi connectivity index (χ4v) is 2.12. The van der Waals surface area contributed by atoms with Crippen molar-refractivity contribution in [3.05, 3.63) is 32.6 Å². The highest BCUT2D eigenvalue weighted by Gasteiger charge is 2.39. The van der Waals surface area contributed by atoms with Gasteiger partial charge in [0.1, 0.15) is 12.3 Å². The fraction of sp³-hybridized carbons (Fsp3) is 0.600. The molecule has 18 heavy (non-hydrogen) atoms. The molecule has 1 unspecified atom stereocenters. The van der Waals surface area contributed by atoms with Gasteiger partial charge in [-0.1, -0.05) is 11.6 Å². The van der Waals surface area contributed by atoms with Crippen LogP contribution in [0.25, 0.3) is 0 Å². The molecule has 1 fully saturated rings. The summed E-state index contributed by atoms with van der Waals surface area (Å²) in [5.74, 6) is 0. The first-order chi connectivity index (χ1) is 8.40. The first kappa shape index (κ1) is 13.3. The molecule has 0 amide bonds. The summed E-state index contributed by atoms with van der Waals surface area (Å²) in [5, 5.41) is 18.8. The Kier molecular flexibility index (Phi) is 3.58. The van der Waals surface area contributed by atoms with Crippen molar-refractivity contribution in [3.63, 3.8) is 0 Å². The van der Waals surface area contributed by atoms with Gasteiger partial charge in [-0.25, -0.2) is 4.79 Å². The Morgan fingerprint density at radius 2 is 2.28 bits per heavy atom. The van der Waals surface area contributed by atoms with E-state index in [-0.39, 0.29) is 6.42 Å². The third-order valence-corrected chi connectivity index (χ3v) is 3.11. The Balaban J connectivity index is 2.32. The zero-order valence-electron chi connectivity index (χ0n) is 9.54. The summed E-state index contributed by atoms with van der Waals surface area (Å²) in [5.41, 5.74) is -2.11. The number of alkyl halides is 1. The predicted molar refractivity (Wildman–Crippen MR) is 62.5 cm³/mol. The number of nitrogens with one attached hydrogen (secondary N) is 1. The van der Waals surface area contributed by atoms with E-state index >= 15 is 0 Å². The van der Waals surface area contributed by atoms with Crippen LogP contribution in [0.1, 0.15) is 18.2 Å². The molecule has 8 heteroatoms. The fourth-order valence-electron chi connectivity index (χ4n) is 1.90. The molecule has 1 saturated heterocycles. The largest absolute Gasteiger partial charge is 0.390 e. The lowest BCUT2D eigenvalue weighted by Gasteiger charge is -2.17. The number of aliphatic hydroxyl groups excluding tert-OH is 2. The smallest absolute Gasteiger partial charge is 0.330 e. The number of ether oxygens (including phenoxy) is 1. The highest BCUT2D eigenvalue weighted by molar-refractivity contribution is 6.19. The number of aromatic amines is 1. The van der Waals surface area contributed by atoms with Crippen LogP contribution in [0, 0.1) is 6.92 Å². The molecule has 0 bridgehead atoms. The summed E-state index contributed by atoms with van der Waals surface area (Å²) in [7, 11) is 0. The number of aromatic nitrogens is 2. The second-order valence-corrected chi connectivity index (χ2v) is 4.66. The van der Waals surface area contributed by atoms with Crippen molar-refractivity contribution in [2.45, 2.75) is 37.3 Å². The second kappa shape index (κ2) is 4.85. The highest BCUT2D eigenvalue weighted by atomic mass is 35.5. The summed E-state index contributed by atoms with van der Waals surface area (Å²) >= 11 is 5.45. The number of H-pyrrole nitrogens is 1. The van der Waals surface area contributed by atoms with E-state index in [1.54, 1.807) is 6.92 Å². The van der Waals surface area contributed by atoms with E-state index in [9.17, 15) is 19.8 Å². The van der Waals surface area contributed by atoms with Gasteiger partial charge >= 0.3 is 5.69 Å². The zero-order chi connectivity index (χ0) is 13.4. The maximum absolute atomic E-state index is 11.6. The van der Waals surface area contributed by atoms with Crippen LogP contribution >= 0.6 is 11.6 Å². The number of nitrogens with zero attached hydrogens (tertiary/aromatic N) is 1. The molecule has 1 aliphatic rings. The van der Waals surface area contributed by atoms with E-state index in [0.717, 1.165) is 0 Å². The number of hydrogen-bond donors (Lipinski definition) is 3. The Morgan fingerprint density at radius 1 is 1.61 bits per heavy atom. The lowest BCUT2D eigenvalue weighted by atomic mass is 10.2. The van der Waals surface area contributed by atoms with Gasteiger partial charge in [-0.3, -0.25) is 14.3 Å². The van der Waals surface area contributed by atoms with Crippen LogP contribution in [0.15, 0.2) is 15.8 Å². The average Bonchev–Trinajstić information content (AvgIpc) is 2.65. The van der Waals surface area contributed by atoms with Gasteiger partial charge in [0.2, 0.25) is 0 Å². The first-order valence-electron chi connectivity index (χ1n) is 5.38. The Morgan fingerprint density at radius 3 is 2.83 bits per heavy atom. The molecule has 1 aromatic rings. The quantitative estimate of drug-likeness (QED) is 0.604. The summed E-state index contributed by atoms with van der Waals surface area (Å²) in [6, 6.07) is 0. The molecule has 2 rings (SSSR count). The van der Waals surface area contributed by atoms with Gasteiger partial charge in [0.15, 0.2) is 5.56 Å². The molecule has 1 aromatic heterocycles. The van der Waals surface area contributed by atoms with Crippen LogP contribution in [-0.4, -0.2) is 37.5 Å². The van der Waals surface area contributed by atoms with Gasteiger partial charge in [-0.05, 0) is 6.92 Å². The van der Waals surface area contributed by atoms with Crippen molar-refractivity contribution in [2.24, 2.45) is 0 Å². The normalized spacial score (nSPS) is 29.4. The molecule has 100 valence electrons. The van der Waals surface area contributed by atoms with Crippen LogP contribution < -0.4 is 11.2 Å². The minimum Gasteiger partial charge on any atom is -0.390 e. The standard InChI is InChI=1S/C10H13ClN2O5/c1-4-3-13(10(17)12-9(4)16)6-2-5(14)7(18-6)8(11)15/h3,5-8,14-15H,2H2,1H3,(H,12,16,17)/t5-,6+,7-,8?/m0/s1. The van der Waals surface area contributed by atoms with E-state index < -0.39 is 35.2 Å². The molecule has 4 atom stereocenters. The molecule has 7 nitrogen and oxygen atoms in total. The van der Waals surface area contributed by atoms with Crippen LogP contribution in [0.2, 0.25) is 0 Å². The Bertz CT molecular complexity index is 552. The number of hydrogen-bond acceptors (Lipinski definition) is 5. The molecule has 0 radical (unpaired) electrons. The lowest BCUT2D eigenvalue weighted by Crippen LogP contribution is -2.34. The number of halogens is 1. The first-order valence-corrected chi connectivity index (χ1v) is 5.81. The van der Waals surface area contributed by atoms with Crippen molar-refractivity contribution < 1.29 is 14.9 Å². The maximum atomic E-state index is 11.6. The molecular formula is C10H13ClN2O5. The molecule has 3 N–H and O–H groups in total. The topological polar surface area (TPSA) is 105 Å². The monoisotopic (exact) mass is 276 g/mol. The minimum absolute atomic E-state index is 0.111. The van der Waals surface area contributed by atoms with E-state index in [4.69, 9.17) is 16.3 Å². The molecule has 0 spiro atoms. The SMILES string of the molecule is Cc1cn([C@H]2C[C@H](O)[C@@H](C(O)Cl)O2)c(=O)[nH]c1=O. The van der Waals surface area contributed by atoms with Crippen molar-refractivity contribution >= 4 is 11.6 Å². The molecule has 0 aromatic carbocycles. The summed E-state index contributed by atoms with van der Waals surface area (Å²) < 4.78 is 6.47. The molecule has 0 saturated carbocycles. The van der Waals surface area contributed by atoms with Gasteiger partial charge in [0.05, 0.1) is 6.10 Å². The molecule has 2 heterocycles. The number of rotatable bonds is 2. The summed E-state index contributed by atoms with van der Waals surface area (Å²) in [4.78, 5) is 25.0. The van der Waals surface area contributed by atoms with Gasteiger partial charge in [-0.15, -0.1) is 0 Å². The Hall–Kier alpha value is -1.15. The van der Waals surface area contributed by atoms with Crippen LogP contribution in [-0.2, 0) is 4.74 Å². The molecule has 1 aliphatic heterocycles. The third kappa shape index (κ3) is 2.35. The maximum Gasteiger partial charge on any atom is 0.330 e. The average molecular weight is 277 g/mol. The van der Waals surface area contributed by atoms with E-state index in [1.165, 1.54) is 10.8 Å². The van der Waals surface area contributed by atoms with Crippen LogP contribution in [0.5, 0.6) is 0 Å². The van der Waals surface area contributed by atoms with Gasteiger partial charge in [0.25, 0.3) is 5.56 Å². The number of aliphatic hydroxyl groups is 2. The van der Waals surface area contributed by atoms with Crippen molar-refractivity contribution in [2.75, 3.05) is 0 Å². The molecular weight excluding hydrogens is 264 g/mol. The Labute approximate surface area is 107 Å². The summed E-state index contributed by atoms with van der Waals surface area (Å²) in [6.07, 6.45) is -1.24. The second-order valence-electron chi connectivity index (χ2n) is 4.21. The minimum atomic E-state index is -1.36. The lowest BCUT2D eigenvalue weighted by molar-refractivity contribution is -0.0586. The van der Waals surface area contributed by atoms with Crippen molar-refractivity contribution in [1.29, 1.82) is 0 Å². The van der Waals surface area contributed by atoms with Crippen molar-refractivity contribution in [1.82, 2.24) is 9.55 Å². The van der Waals surface area contributed by atoms with E-state index in [1.807, 2.05) is 0 Å². The third-order valence-electron chi connectivity index (χ3n) is 2.86.